The van der Waals surface area contributed by atoms with Crippen molar-refractivity contribution in [3.05, 3.63) is 24.0 Å². The topological polar surface area (TPSA) is 6.48 Å². The summed E-state index contributed by atoms with van der Waals surface area (Å²) in [6.07, 6.45) is 14.5. The van der Waals surface area contributed by atoms with Gasteiger partial charge in [-0.25, -0.2) is 0 Å². The van der Waals surface area contributed by atoms with E-state index in [1.807, 2.05) is 13.8 Å². The van der Waals surface area contributed by atoms with Crippen molar-refractivity contribution in [3.8, 4) is 0 Å². The first-order valence-electron chi connectivity index (χ1n) is 8.78. The zero-order valence-electron chi connectivity index (χ0n) is 15.8. The predicted molar refractivity (Wildman–Crippen MR) is 98.6 cm³/mol. The van der Waals surface area contributed by atoms with Crippen molar-refractivity contribution in [2.45, 2.75) is 73.1 Å². The smallest absolute Gasteiger partial charge is 0.0106 e. The Morgan fingerprint density at radius 2 is 1.57 bits per heavy atom. The zero-order chi connectivity index (χ0) is 16.5. The van der Waals surface area contributed by atoms with Gasteiger partial charge in [-0.15, -0.1) is 0 Å². The third kappa shape index (κ3) is 19.2. The lowest BCUT2D eigenvalue weighted by molar-refractivity contribution is 0.349. The molecular weight excluding hydrogens is 256 g/mol. The van der Waals surface area contributed by atoms with Gasteiger partial charge < -0.3 is 9.80 Å². The summed E-state index contributed by atoms with van der Waals surface area (Å²) < 4.78 is 0. The minimum atomic E-state index is 1.17. The van der Waals surface area contributed by atoms with Crippen molar-refractivity contribution in [1.82, 2.24) is 9.80 Å². The Morgan fingerprint density at radius 1 is 1.05 bits per heavy atom. The van der Waals surface area contributed by atoms with Crippen LogP contribution in [0.15, 0.2) is 24.0 Å². The maximum Gasteiger partial charge on any atom is 0.0106 e. The van der Waals surface area contributed by atoms with Crippen LogP contribution in [0.1, 0.15) is 73.1 Å². The summed E-state index contributed by atoms with van der Waals surface area (Å²) in [5.41, 5.74) is 1.33. The summed E-state index contributed by atoms with van der Waals surface area (Å²) in [5, 5.41) is 0. The molecule has 2 nitrogen and oxygen atoms in total. The first kappa shape index (κ1) is 22.5. The molecule has 1 aliphatic heterocycles. The molecule has 1 heterocycles. The molecule has 0 aromatic rings. The molecule has 0 aromatic carbocycles. The fraction of sp³-hybridized carbons (Fsp3) is 0.789. The lowest BCUT2D eigenvalue weighted by Gasteiger charge is -2.10. The minimum absolute atomic E-state index is 1.17. The average molecular weight is 297 g/mol. The summed E-state index contributed by atoms with van der Waals surface area (Å²) >= 11 is 0. The van der Waals surface area contributed by atoms with Gasteiger partial charge in [0.15, 0.2) is 0 Å². The van der Waals surface area contributed by atoms with E-state index >= 15 is 0 Å². The van der Waals surface area contributed by atoms with E-state index in [1.165, 1.54) is 57.2 Å². The number of hydrogen-bond donors (Lipinski definition) is 0. The standard InChI is InChI=1S/C10H19N.C7H15N.C2H6/c1-5-6-7-8-11(4)9-10(2)3;1-8-6-4-2-3-5-7-8;1-2/h7-9H,5-6H2,1-4H3;2-7H2,1H3;1-2H3/b8-7-;;. The number of nitrogens with zero attached hydrogens (tertiary/aromatic N) is 2. The van der Waals surface area contributed by atoms with E-state index in [4.69, 9.17) is 0 Å². The summed E-state index contributed by atoms with van der Waals surface area (Å²) in [7, 11) is 4.27. The Kier molecular flexibility index (Phi) is 18.5. The highest BCUT2D eigenvalue weighted by Gasteiger charge is 2.01. The molecule has 1 fully saturated rings. The van der Waals surface area contributed by atoms with Crippen molar-refractivity contribution in [2.75, 3.05) is 27.2 Å². The number of unbranched alkanes of at least 4 members (excludes halogenated alkanes) is 1. The summed E-state index contributed by atoms with van der Waals surface area (Å²) in [6, 6.07) is 0. The van der Waals surface area contributed by atoms with Gasteiger partial charge in [0.1, 0.15) is 0 Å². The van der Waals surface area contributed by atoms with Gasteiger partial charge in [-0.1, -0.05) is 51.7 Å². The van der Waals surface area contributed by atoms with E-state index in [0.717, 1.165) is 0 Å². The summed E-state index contributed by atoms with van der Waals surface area (Å²) in [5.74, 6) is 0. The van der Waals surface area contributed by atoms with Gasteiger partial charge in [-0.3, -0.25) is 0 Å². The van der Waals surface area contributed by atoms with Crippen LogP contribution in [0.25, 0.3) is 0 Å². The van der Waals surface area contributed by atoms with Gasteiger partial charge in [0.05, 0.1) is 0 Å². The molecule has 0 radical (unpaired) electrons. The molecule has 0 unspecified atom stereocenters. The molecule has 0 saturated carbocycles. The first-order valence-corrected chi connectivity index (χ1v) is 8.78. The highest BCUT2D eigenvalue weighted by atomic mass is 15.1. The second-order valence-corrected chi connectivity index (χ2v) is 5.76. The first-order chi connectivity index (χ1) is 10.1. The molecule has 2 heteroatoms. The second-order valence-electron chi connectivity index (χ2n) is 5.76. The molecule has 0 spiro atoms. The van der Waals surface area contributed by atoms with Crippen LogP contribution in [0, 0.1) is 0 Å². The predicted octanol–water partition coefficient (Wildman–Crippen LogP) is 5.67. The third-order valence-electron chi connectivity index (χ3n) is 3.09. The van der Waals surface area contributed by atoms with Crippen LogP contribution >= 0.6 is 0 Å². The lowest BCUT2D eigenvalue weighted by Crippen LogP contribution is -2.18. The molecule has 0 N–H and O–H groups in total. The largest absolute Gasteiger partial charge is 0.358 e. The normalized spacial score (nSPS) is 15.2. The number of rotatable bonds is 4. The fourth-order valence-corrected chi connectivity index (χ4v) is 2.09. The van der Waals surface area contributed by atoms with E-state index in [2.05, 4.69) is 63.1 Å². The molecule has 1 saturated heterocycles. The van der Waals surface area contributed by atoms with Gasteiger partial charge >= 0.3 is 0 Å². The van der Waals surface area contributed by atoms with Crippen LogP contribution in [0.5, 0.6) is 0 Å². The molecule has 0 amide bonds. The Balaban J connectivity index is 0. The second kappa shape index (κ2) is 17.3. The van der Waals surface area contributed by atoms with Crippen LogP contribution in [0.3, 0.4) is 0 Å². The van der Waals surface area contributed by atoms with Crippen LogP contribution in [-0.2, 0) is 0 Å². The van der Waals surface area contributed by atoms with Crippen LogP contribution in [0.2, 0.25) is 0 Å². The quantitative estimate of drug-likeness (QED) is 0.659. The molecule has 0 aromatic heterocycles. The molecule has 21 heavy (non-hydrogen) atoms. The minimum Gasteiger partial charge on any atom is -0.358 e. The maximum atomic E-state index is 2.42. The zero-order valence-corrected chi connectivity index (χ0v) is 15.8. The SMILES string of the molecule is CC.CCC/C=C\N(C)C=C(C)C.CN1CCCCCC1. The number of allylic oxidation sites excluding steroid dienone is 2. The van der Waals surface area contributed by atoms with Gasteiger partial charge in [0, 0.05) is 13.2 Å². The molecular formula is C19H40N2. The Hall–Kier alpha value is -0.760. The number of likely N-dealkylation sites (tertiary alicyclic amines) is 1. The van der Waals surface area contributed by atoms with Gasteiger partial charge in [-0.05, 0) is 59.4 Å². The van der Waals surface area contributed by atoms with Crippen LogP contribution in [0.4, 0.5) is 0 Å². The third-order valence-corrected chi connectivity index (χ3v) is 3.09. The molecule has 126 valence electrons. The highest BCUT2D eigenvalue weighted by Crippen LogP contribution is 2.06. The van der Waals surface area contributed by atoms with E-state index in [1.54, 1.807) is 0 Å². The van der Waals surface area contributed by atoms with Gasteiger partial charge in [-0.2, -0.15) is 0 Å². The summed E-state index contributed by atoms with van der Waals surface area (Å²) in [6.45, 7) is 13.0. The van der Waals surface area contributed by atoms with E-state index in [-0.39, 0.29) is 0 Å². The van der Waals surface area contributed by atoms with E-state index in [0.29, 0.717) is 0 Å². The average Bonchev–Trinajstić information content (AvgIpc) is 2.69. The highest BCUT2D eigenvalue weighted by molar-refractivity contribution is 4.96. The molecule has 1 rings (SSSR count). The number of hydrogen-bond acceptors (Lipinski definition) is 2. The fourth-order valence-electron chi connectivity index (χ4n) is 2.09. The van der Waals surface area contributed by atoms with Crippen molar-refractivity contribution in [2.24, 2.45) is 0 Å². The molecule has 1 aliphatic rings. The Bertz CT molecular complexity index is 244. The van der Waals surface area contributed by atoms with Gasteiger partial charge in [0.25, 0.3) is 0 Å². The Morgan fingerprint density at radius 3 is 2.00 bits per heavy atom. The monoisotopic (exact) mass is 296 g/mol. The maximum absolute atomic E-state index is 2.42. The molecule has 0 atom stereocenters. The van der Waals surface area contributed by atoms with Crippen molar-refractivity contribution in [1.29, 1.82) is 0 Å². The van der Waals surface area contributed by atoms with Crippen LogP contribution < -0.4 is 0 Å². The molecule has 0 aliphatic carbocycles. The van der Waals surface area contributed by atoms with Crippen molar-refractivity contribution >= 4 is 0 Å². The Labute approximate surface area is 134 Å². The van der Waals surface area contributed by atoms with Crippen molar-refractivity contribution < 1.29 is 0 Å². The van der Waals surface area contributed by atoms with E-state index in [9.17, 15) is 0 Å². The van der Waals surface area contributed by atoms with Gasteiger partial charge in [0.2, 0.25) is 0 Å². The van der Waals surface area contributed by atoms with Crippen molar-refractivity contribution in [3.63, 3.8) is 0 Å². The molecule has 0 bridgehead atoms. The lowest BCUT2D eigenvalue weighted by atomic mass is 10.2. The van der Waals surface area contributed by atoms with Crippen LogP contribution in [-0.4, -0.2) is 37.0 Å². The van der Waals surface area contributed by atoms with E-state index < -0.39 is 0 Å². The summed E-state index contributed by atoms with van der Waals surface area (Å²) in [4.78, 5) is 4.51.